The molecule has 0 saturated heterocycles. The Morgan fingerprint density at radius 2 is 1.08 bits per heavy atom. The summed E-state index contributed by atoms with van der Waals surface area (Å²) in [6.07, 6.45) is 0.893. The lowest BCUT2D eigenvalue weighted by Gasteiger charge is -2.17. The zero-order valence-electron chi connectivity index (χ0n) is 16.9. The zero-order valence-corrected chi connectivity index (χ0v) is 17.8. The van der Waals surface area contributed by atoms with Gasteiger partial charge in [-0.05, 0) is 59.2 Å². The maximum Gasteiger partial charge on any atom is 0.205 e. The molecule has 134 valence electrons. The van der Waals surface area contributed by atoms with Gasteiger partial charge in [0.2, 0.25) is 7.26 Å². The molecule has 0 aliphatic rings. The third kappa shape index (κ3) is 6.37. The van der Waals surface area contributed by atoms with Gasteiger partial charge in [-0.25, -0.2) is 0 Å². The Kier molecular flexibility index (Phi) is 6.34. The van der Waals surface area contributed by atoms with Gasteiger partial charge in [-0.15, -0.1) is 0 Å². The van der Waals surface area contributed by atoms with Crippen molar-refractivity contribution in [1.82, 2.24) is 0 Å². The summed E-state index contributed by atoms with van der Waals surface area (Å²) in [5, 5.41) is 1.28. The topological polar surface area (TPSA) is 0 Å². The molecule has 0 spiro atoms. The van der Waals surface area contributed by atoms with Crippen molar-refractivity contribution in [2.24, 2.45) is 10.8 Å². The number of hydrogen-bond donors (Lipinski definition) is 0. The molecular formula is C25H30P+. The Balaban J connectivity index is 2.68. The van der Waals surface area contributed by atoms with Crippen LogP contribution in [0.15, 0.2) is 60.7 Å². The van der Waals surface area contributed by atoms with E-state index in [1.165, 1.54) is 10.9 Å². The highest BCUT2D eigenvalue weighted by molar-refractivity contribution is 7.91. The molecule has 0 unspecified atom stereocenters. The van der Waals surface area contributed by atoms with Gasteiger partial charge >= 0.3 is 0 Å². The predicted octanol–water partition coefficient (Wildman–Crippen LogP) is 6.54. The van der Waals surface area contributed by atoms with Crippen molar-refractivity contribution < 1.29 is 0 Å². The van der Waals surface area contributed by atoms with Gasteiger partial charge in [-0.1, -0.05) is 60.4 Å². The minimum atomic E-state index is -1.99. The Morgan fingerprint density at radius 1 is 0.654 bits per heavy atom. The van der Waals surface area contributed by atoms with Crippen molar-refractivity contribution in [3.63, 3.8) is 0 Å². The van der Waals surface area contributed by atoms with Crippen molar-refractivity contribution in [2.45, 2.75) is 47.7 Å². The van der Waals surface area contributed by atoms with Crippen molar-refractivity contribution in [1.29, 1.82) is 0 Å². The maximum atomic E-state index is 3.70. The highest BCUT2D eigenvalue weighted by atomic mass is 31.2. The summed E-state index contributed by atoms with van der Waals surface area (Å²) in [4.78, 5) is 0. The molecule has 0 nitrogen and oxygen atoms in total. The van der Waals surface area contributed by atoms with E-state index in [1.54, 1.807) is 0 Å². The molecule has 0 aliphatic carbocycles. The van der Waals surface area contributed by atoms with Gasteiger partial charge in [-0.3, -0.25) is 0 Å². The van der Waals surface area contributed by atoms with Crippen LogP contribution in [0, 0.1) is 34.0 Å². The van der Waals surface area contributed by atoms with E-state index < -0.39 is 7.26 Å². The normalized spacial score (nSPS) is 11.8. The molecule has 0 bridgehead atoms. The van der Waals surface area contributed by atoms with E-state index in [2.05, 4.69) is 125 Å². The third-order valence-corrected chi connectivity index (χ3v) is 6.71. The number of benzene rings is 2. The van der Waals surface area contributed by atoms with Gasteiger partial charge in [0, 0.05) is 10.8 Å². The molecule has 0 radical (unpaired) electrons. The second-order valence-electron chi connectivity index (χ2n) is 8.76. The molecule has 2 aromatic carbocycles. The summed E-state index contributed by atoms with van der Waals surface area (Å²) >= 11 is 0. The monoisotopic (exact) mass is 361 g/mol. The molecular weight excluding hydrogens is 331 g/mol. The van der Waals surface area contributed by atoms with E-state index in [0.29, 0.717) is 0 Å². The summed E-state index contributed by atoms with van der Waals surface area (Å²) in [5.74, 6) is 7.03. The Labute approximate surface area is 160 Å². The van der Waals surface area contributed by atoms with Gasteiger partial charge in [0.15, 0.2) is 0 Å². The highest BCUT2D eigenvalue weighted by Crippen LogP contribution is 2.59. The smallest absolute Gasteiger partial charge is 0.0622 e. The fourth-order valence-corrected chi connectivity index (χ4v) is 5.54. The highest BCUT2D eigenvalue weighted by Gasteiger charge is 2.39. The molecule has 0 N–H and O–H groups in total. The molecule has 2 aromatic rings. The summed E-state index contributed by atoms with van der Waals surface area (Å²) < 4.78 is 0. The minimum Gasteiger partial charge on any atom is -0.0622 e. The van der Waals surface area contributed by atoms with Crippen LogP contribution < -0.4 is 5.30 Å². The first-order valence-corrected chi connectivity index (χ1v) is 11.1. The molecule has 1 heteroatoms. The lowest BCUT2D eigenvalue weighted by atomic mass is 9.99. The van der Waals surface area contributed by atoms with Crippen molar-refractivity contribution in [2.75, 3.05) is 0 Å². The van der Waals surface area contributed by atoms with Gasteiger partial charge in [0.25, 0.3) is 0 Å². The van der Waals surface area contributed by atoms with Crippen LogP contribution in [0.4, 0.5) is 0 Å². The van der Waals surface area contributed by atoms with Crippen LogP contribution in [-0.4, -0.2) is 0 Å². The van der Waals surface area contributed by atoms with Crippen LogP contribution >= 0.6 is 7.26 Å². The van der Waals surface area contributed by atoms with Crippen molar-refractivity contribution in [3.05, 3.63) is 66.2 Å². The van der Waals surface area contributed by atoms with Crippen LogP contribution in [0.5, 0.6) is 0 Å². The fraction of sp³-hybridized carbons (Fsp3) is 0.360. The molecule has 0 aromatic heterocycles. The summed E-state index contributed by atoms with van der Waals surface area (Å²) in [6.45, 7) is 13.0. The average Bonchev–Trinajstić information content (AvgIpc) is 2.58. The second-order valence-corrected chi connectivity index (χ2v) is 11.7. The minimum absolute atomic E-state index is 0.0415. The van der Waals surface area contributed by atoms with E-state index in [0.717, 1.165) is 6.16 Å². The largest absolute Gasteiger partial charge is 0.205 e. The first-order chi connectivity index (χ1) is 12.1. The predicted molar refractivity (Wildman–Crippen MR) is 118 cm³/mol. The Hall–Kier alpha value is -2.01. The van der Waals surface area contributed by atoms with E-state index in [1.807, 2.05) is 0 Å². The number of hydrogen-bond acceptors (Lipinski definition) is 0. The van der Waals surface area contributed by atoms with E-state index in [9.17, 15) is 0 Å². The molecule has 0 atom stereocenters. The van der Waals surface area contributed by atoms with E-state index >= 15 is 0 Å². The van der Waals surface area contributed by atoms with Gasteiger partial charge in [0.1, 0.15) is 11.5 Å². The summed E-state index contributed by atoms with van der Waals surface area (Å²) in [7, 11) is -1.99. The third-order valence-electron chi connectivity index (χ3n) is 3.70. The SMILES string of the molecule is CC(C)(C)C#C[P+](C#CC(C)(C)C)(Cc1ccccc1)c1ccccc1. The molecule has 0 fully saturated rings. The quantitative estimate of drug-likeness (QED) is 0.430. The van der Waals surface area contributed by atoms with Crippen molar-refractivity contribution >= 4 is 12.6 Å². The lowest BCUT2D eigenvalue weighted by Crippen LogP contribution is -2.12. The summed E-state index contributed by atoms with van der Waals surface area (Å²) in [5.41, 5.74) is 8.62. The van der Waals surface area contributed by atoms with Crippen LogP contribution in [0.1, 0.15) is 47.1 Å². The first kappa shape index (κ1) is 20.3. The van der Waals surface area contributed by atoms with Crippen LogP contribution in [-0.2, 0) is 6.16 Å². The zero-order chi connectivity index (χ0) is 19.3. The molecule has 0 amide bonds. The Morgan fingerprint density at radius 3 is 1.50 bits per heavy atom. The fourth-order valence-electron chi connectivity index (χ4n) is 2.39. The average molecular weight is 361 g/mol. The Bertz CT molecular complexity index is 794. The molecule has 2 rings (SSSR count). The van der Waals surface area contributed by atoms with Crippen LogP contribution in [0.3, 0.4) is 0 Å². The van der Waals surface area contributed by atoms with Crippen molar-refractivity contribution in [3.8, 4) is 23.2 Å². The molecule has 0 aliphatic heterocycles. The lowest BCUT2D eigenvalue weighted by molar-refractivity contribution is 0.571. The molecule has 0 saturated carbocycles. The first-order valence-electron chi connectivity index (χ1n) is 9.16. The van der Waals surface area contributed by atoms with Crippen LogP contribution in [0.25, 0.3) is 0 Å². The van der Waals surface area contributed by atoms with Crippen LogP contribution in [0.2, 0.25) is 0 Å². The van der Waals surface area contributed by atoms with Gasteiger partial charge in [0.05, 0.1) is 11.3 Å². The maximum absolute atomic E-state index is 3.70. The molecule has 0 heterocycles. The van der Waals surface area contributed by atoms with Gasteiger partial charge in [-0.2, -0.15) is 0 Å². The standard InChI is InChI=1S/C25H30P/c1-24(2,3)17-19-26(20-18-25(4,5)6,23-15-11-8-12-16-23)21-22-13-9-7-10-14-22/h7-16H,21H2,1-6H3/q+1. The molecule has 26 heavy (non-hydrogen) atoms. The second kappa shape index (κ2) is 8.12. The number of rotatable bonds is 3. The van der Waals surface area contributed by atoms with E-state index in [4.69, 9.17) is 0 Å². The summed E-state index contributed by atoms with van der Waals surface area (Å²) in [6, 6.07) is 21.3. The van der Waals surface area contributed by atoms with E-state index in [-0.39, 0.29) is 10.8 Å². The van der Waals surface area contributed by atoms with Gasteiger partial charge < -0.3 is 0 Å².